The summed E-state index contributed by atoms with van der Waals surface area (Å²) >= 11 is 0. The van der Waals surface area contributed by atoms with Crippen molar-refractivity contribution in [2.24, 2.45) is 0 Å². The number of aliphatic hydroxyl groups excluding tert-OH is 1. The fourth-order valence-corrected chi connectivity index (χ4v) is 2.08. The molecule has 0 radical (unpaired) electrons. The van der Waals surface area contributed by atoms with E-state index in [2.05, 4.69) is 5.32 Å². The summed E-state index contributed by atoms with van der Waals surface area (Å²) in [7, 11) is 0. The van der Waals surface area contributed by atoms with Gasteiger partial charge in [-0.15, -0.1) is 0 Å². The van der Waals surface area contributed by atoms with Gasteiger partial charge in [-0.3, -0.25) is 0 Å². The maximum absolute atomic E-state index is 12.5. The molecule has 21 heavy (non-hydrogen) atoms. The highest BCUT2D eigenvalue weighted by atomic mass is 19.4. The fraction of sp³-hybridized carbons (Fsp3) is 0.250. The van der Waals surface area contributed by atoms with Gasteiger partial charge in [0.05, 0.1) is 12.2 Å². The number of anilines is 1. The van der Waals surface area contributed by atoms with Crippen LogP contribution in [0.1, 0.15) is 29.7 Å². The van der Waals surface area contributed by atoms with E-state index in [-0.39, 0.29) is 12.6 Å². The molecule has 0 saturated carbocycles. The molecule has 0 saturated heterocycles. The molecule has 0 fully saturated rings. The zero-order valence-corrected chi connectivity index (χ0v) is 11.5. The highest BCUT2D eigenvalue weighted by molar-refractivity contribution is 5.52. The van der Waals surface area contributed by atoms with Crippen molar-refractivity contribution in [1.29, 1.82) is 0 Å². The average Bonchev–Trinajstić information content (AvgIpc) is 2.47. The van der Waals surface area contributed by atoms with Crippen LogP contribution in [0.25, 0.3) is 0 Å². The Bertz CT molecular complexity index is 593. The van der Waals surface area contributed by atoms with Crippen LogP contribution >= 0.6 is 0 Å². The molecule has 0 aliphatic carbocycles. The maximum Gasteiger partial charge on any atom is 0.416 e. The summed E-state index contributed by atoms with van der Waals surface area (Å²) in [5.74, 6) is 0. The second-order valence-corrected chi connectivity index (χ2v) is 4.80. The Morgan fingerprint density at radius 1 is 1.05 bits per heavy atom. The minimum atomic E-state index is -4.32. The molecular weight excluding hydrogens is 279 g/mol. The van der Waals surface area contributed by atoms with Crippen molar-refractivity contribution in [3.05, 3.63) is 65.2 Å². The zero-order chi connectivity index (χ0) is 15.5. The third-order valence-corrected chi connectivity index (χ3v) is 3.30. The first-order valence-electron chi connectivity index (χ1n) is 6.54. The summed E-state index contributed by atoms with van der Waals surface area (Å²) in [4.78, 5) is 0. The van der Waals surface area contributed by atoms with Gasteiger partial charge < -0.3 is 10.4 Å². The first-order chi connectivity index (χ1) is 9.91. The number of rotatable bonds is 4. The number of halogens is 3. The van der Waals surface area contributed by atoms with Crippen LogP contribution in [0.2, 0.25) is 0 Å². The summed E-state index contributed by atoms with van der Waals surface area (Å²) in [5.41, 5.74) is 1.61. The van der Waals surface area contributed by atoms with Gasteiger partial charge in [0.25, 0.3) is 0 Å². The number of benzene rings is 2. The van der Waals surface area contributed by atoms with Gasteiger partial charge in [0.1, 0.15) is 0 Å². The second kappa shape index (κ2) is 6.18. The molecule has 2 aromatic rings. The summed E-state index contributed by atoms with van der Waals surface area (Å²) in [5, 5.41) is 12.5. The lowest BCUT2D eigenvalue weighted by Gasteiger charge is -2.18. The number of alkyl halides is 3. The van der Waals surface area contributed by atoms with E-state index in [0.29, 0.717) is 0 Å². The molecule has 0 aliphatic heterocycles. The summed E-state index contributed by atoms with van der Waals surface area (Å²) in [6.45, 7) is 1.76. The van der Waals surface area contributed by atoms with Gasteiger partial charge in [0.2, 0.25) is 0 Å². The van der Waals surface area contributed by atoms with E-state index in [0.717, 1.165) is 28.9 Å². The molecule has 2 N–H and O–H groups in total. The molecule has 2 nitrogen and oxygen atoms in total. The molecule has 0 aliphatic rings. The van der Waals surface area contributed by atoms with Gasteiger partial charge in [-0.1, -0.05) is 30.3 Å². The van der Waals surface area contributed by atoms with Crippen LogP contribution in [-0.2, 0) is 12.8 Å². The van der Waals surface area contributed by atoms with Crippen molar-refractivity contribution in [2.45, 2.75) is 25.7 Å². The molecule has 0 spiro atoms. The molecule has 0 bridgehead atoms. The Labute approximate surface area is 121 Å². The van der Waals surface area contributed by atoms with Gasteiger partial charge >= 0.3 is 6.18 Å². The molecule has 0 amide bonds. The smallest absolute Gasteiger partial charge is 0.392 e. The minimum Gasteiger partial charge on any atom is -0.392 e. The molecular formula is C16H16F3NO. The van der Waals surface area contributed by atoms with Crippen LogP contribution in [0.4, 0.5) is 18.9 Å². The number of hydrogen-bond donors (Lipinski definition) is 2. The van der Waals surface area contributed by atoms with Gasteiger partial charge in [-0.05, 0) is 30.7 Å². The third-order valence-electron chi connectivity index (χ3n) is 3.30. The molecule has 2 rings (SSSR count). The summed E-state index contributed by atoms with van der Waals surface area (Å²) in [6.07, 6.45) is -4.32. The lowest BCUT2D eigenvalue weighted by molar-refractivity contribution is -0.137. The highest BCUT2D eigenvalue weighted by Gasteiger charge is 2.30. The lowest BCUT2D eigenvalue weighted by atomic mass is 10.0. The highest BCUT2D eigenvalue weighted by Crippen LogP contribution is 2.30. The Morgan fingerprint density at radius 2 is 1.67 bits per heavy atom. The Balaban J connectivity index is 2.15. The van der Waals surface area contributed by atoms with Crippen LogP contribution < -0.4 is 5.32 Å². The minimum absolute atomic E-state index is 0.0943. The molecule has 2 aromatic carbocycles. The van der Waals surface area contributed by atoms with Crippen molar-refractivity contribution in [3.8, 4) is 0 Å². The van der Waals surface area contributed by atoms with Gasteiger partial charge in [-0.2, -0.15) is 13.2 Å². The summed E-state index contributed by atoms with van der Waals surface area (Å²) < 4.78 is 37.6. The van der Waals surface area contributed by atoms with E-state index in [1.54, 1.807) is 6.07 Å². The molecule has 112 valence electrons. The zero-order valence-electron chi connectivity index (χ0n) is 11.5. The first-order valence-corrected chi connectivity index (χ1v) is 6.54. The Morgan fingerprint density at radius 3 is 2.24 bits per heavy atom. The van der Waals surface area contributed by atoms with E-state index in [1.807, 2.05) is 25.1 Å². The number of hydrogen-bond acceptors (Lipinski definition) is 2. The van der Waals surface area contributed by atoms with Crippen molar-refractivity contribution in [3.63, 3.8) is 0 Å². The Kier molecular flexibility index (Phi) is 4.53. The second-order valence-electron chi connectivity index (χ2n) is 4.80. The Hall–Kier alpha value is -2.01. The SMILES string of the molecule is CC(Nc1ccccc1CO)c1ccc(C(F)(F)F)cc1. The van der Waals surface area contributed by atoms with Gasteiger partial charge in [-0.25, -0.2) is 0 Å². The van der Waals surface area contributed by atoms with E-state index in [1.165, 1.54) is 12.1 Å². The van der Waals surface area contributed by atoms with Gasteiger partial charge in [0, 0.05) is 17.3 Å². The van der Waals surface area contributed by atoms with Gasteiger partial charge in [0.15, 0.2) is 0 Å². The monoisotopic (exact) mass is 295 g/mol. The summed E-state index contributed by atoms with van der Waals surface area (Å²) in [6, 6.07) is 12.2. The largest absolute Gasteiger partial charge is 0.416 e. The van der Waals surface area contributed by atoms with Crippen LogP contribution in [0.3, 0.4) is 0 Å². The number of nitrogens with one attached hydrogen (secondary N) is 1. The van der Waals surface area contributed by atoms with Crippen molar-refractivity contribution in [2.75, 3.05) is 5.32 Å². The van der Waals surface area contributed by atoms with Crippen molar-refractivity contribution in [1.82, 2.24) is 0 Å². The number of aliphatic hydroxyl groups is 1. The maximum atomic E-state index is 12.5. The lowest BCUT2D eigenvalue weighted by Crippen LogP contribution is -2.10. The third kappa shape index (κ3) is 3.76. The van der Waals surface area contributed by atoms with Crippen LogP contribution in [0.15, 0.2) is 48.5 Å². The van der Waals surface area contributed by atoms with E-state index in [4.69, 9.17) is 0 Å². The molecule has 5 heteroatoms. The van der Waals surface area contributed by atoms with Crippen molar-refractivity contribution < 1.29 is 18.3 Å². The molecule has 0 heterocycles. The quantitative estimate of drug-likeness (QED) is 0.877. The average molecular weight is 295 g/mol. The first kappa shape index (κ1) is 15.4. The molecule has 1 atom stereocenters. The van der Waals surface area contributed by atoms with Crippen molar-refractivity contribution >= 4 is 5.69 Å². The molecule has 1 unspecified atom stereocenters. The van der Waals surface area contributed by atoms with Crippen LogP contribution in [0.5, 0.6) is 0 Å². The van der Waals surface area contributed by atoms with Crippen LogP contribution in [0, 0.1) is 0 Å². The predicted octanol–water partition coefficient (Wildman–Crippen LogP) is 4.37. The number of para-hydroxylation sites is 1. The van der Waals surface area contributed by atoms with Crippen LogP contribution in [-0.4, -0.2) is 5.11 Å². The fourth-order valence-electron chi connectivity index (χ4n) is 2.08. The standard InChI is InChI=1S/C16H16F3NO/c1-11(20-15-5-3-2-4-13(15)10-21)12-6-8-14(9-7-12)16(17,18)19/h2-9,11,20-21H,10H2,1H3. The topological polar surface area (TPSA) is 32.3 Å². The van der Waals surface area contributed by atoms with E-state index < -0.39 is 11.7 Å². The molecule has 0 aromatic heterocycles. The normalized spacial score (nSPS) is 13.0. The van der Waals surface area contributed by atoms with E-state index in [9.17, 15) is 18.3 Å². The predicted molar refractivity (Wildman–Crippen MR) is 75.8 cm³/mol. The van der Waals surface area contributed by atoms with E-state index >= 15 is 0 Å².